The largest absolute Gasteiger partial charge is 0.444 e. The maximum Gasteiger partial charge on any atom is 0.416 e. The van der Waals surface area contributed by atoms with E-state index >= 15 is 0 Å². The minimum Gasteiger partial charge on any atom is -0.444 e. The number of hydrogen-bond donors (Lipinski definition) is 1. The fourth-order valence-electron chi connectivity index (χ4n) is 2.72. The third-order valence-electron chi connectivity index (χ3n) is 3.67. The van der Waals surface area contributed by atoms with Crippen molar-refractivity contribution < 1.29 is 36.6 Å². The highest BCUT2D eigenvalue weighted by Gasteiger charge is 2.79. The van der Waals surface area contributed by atoms with Gasteiger partial charge in [0.2, 0.25) is 0 Å². The normalized spacial score (nSPS) is 32.6. The Morgan fingerprint density at radius 1 is 1.33 bits per heavy atom. The van der Waals surface area contributed by atoms with Crippen LogP contribution >= 0.6 is 0 Å². The van der Waals surface area contributed by atoms with Crippen molar-refractivity contribution >= 4 is 6.09 Å². The van der Waals surface area contributed by atoms with E-state index < -0.39 is 54.3 Å². The molecule has 1 saturated heterocycles. The quantitative estimate of drug-likeness (QED) is 0.756. The summed E-state index contributed by atoms with van der Waals surface area (Å²) in [6.45, 7) is 3.97. The smallest absolute Gasteiger partial charge is 0.416 e. The minimum atomic E-state index is -5.08. The van der Waals surface area contributed by atoms with E-state index in [1.165, 1.54) is 20.8 Å². The van der Waals surface area contributed by atoms with Gasteiger partial charge in [-0.05, 0) is 20.8 Å². The van der Waals surface area contributed by atoms with E-state index in [1.807, 2.05) is 0 Å². The Kier molecular flexibility index (Phi) is 3.43. The van der Waals surface area contributed by atoms with E-state index in [1.54, 1.807) is 0 Å². The SMILES string of the molecule is CC(C)(C)OC(=O)N1CC2C([C@@H]1C(O)C(F)(F)F)C2(F)F. The number of nitrogens with zero attached hydrogens (tertiary/aromatic N) is 1. The van der Waals surface area contributed by atoms with Crippen LogP contribution in [0, 0.1) is 11.8 Å². The van der Waals surface area contributed by atoms with Crippen LogP contribution in [0.5, 0.6) is 0 Å². The van der Waals surface area contributed by atoms with Crippen molar-refractivity contribution in [2.75, 3.05) is 6.54 Å². The van der Waals surface area contributed by atoms with E-state index in [9.17, 15) is 31.9 Å². The number of halogens is 5. The summed E-state index contributed by atoms with van der Waals surface area (Å²) < 4.78 is 69.6. The van der Waals surface area contributed by atoms with Gasteiger partial charge in [0.05, 0.1) is 17.9 Å². The summed E-state index contributed by atoms with van der Waals surface area (Å²) in [5, 5.41) is 9.32. The average Bonchev–Trinajstić information content (AvgIpc) is 2.67. The first-order valence-electron chi connectivity index (χ1n) is 6.39. The van der Waals surface area contributed by atoms with Crippen molar-refractivity contribution in [1.82, 2.24) is 4.90 Å². The third kappa shape index (κ3) is 2.79. The molecule has 0 radical (unpaired) electrons. The van der Waals surface area contributed by atoms with Crippen molar-refractivity contribution in [2.24, 2.45) is 11.8 Å². The topological polar surface area (TPSA) is 49.8 Å². The number of carbonyl (C=O) groups excluding carboxylic acids is 1. The second-order valence-corrected chi connectivity index (χ2v) is 6.42. The summed E-state index contributed by atoms with van der Waals surface area (Å²) >= 11 is 0. The molecule has 0 aromatic heterocycles. The summed E-state index contributed by atoms with van der Waals surface area (Å²) in [4.78, 5) is 12.4. The number of carbonyl (C=O) groups is 1. The van der Waals surface area contributed by atoms with Gasteiger partial charge in [0.1, 0.15) is 5.60 Å². The Morgan fingerprint density at radius 2 is 1.86 bits per heavy atom. The van der Waals surface area contributed by atoms with E-state index in [-0.39, 0.29) is 0 Å². The van der Waals surface area contributed by atoms with Gasteiger partial charge < -0.3 is 14.7 Å². The van der Waals surface area contributed by atoms with Gasteiger partial charge in [-0.2, -0.15) is 13.2 Å². The van der Waals surface area contributed by atoms with Crippen LogP contribution in [0.25, 0.3) is 0 Å². The highest BCUT2D eigenvalue weighted by Crippen LogP contribution is 2.63. The zero-order valence-corrected chi connectivity index (χ0v) is 11.6. The molecule has 122 valence electrons. The average molecular weight is 317 g/mol. The Hall–Kier alpha value is -1.12. The molecule has 1 N–H and O–H groups in total. The van der Waals surface area contributed by atoms with Gasteiger partial charge in [0.25, 0.3) is 5.92 Å². The van der Waals surface area contributed by atoms with Crippen LogP contribution in [0.4, 0.5) is 26.7 Å². The zero-order chi connectivity index (χ0) is 16.4. The molecule has 21 heavy (non-hydrogen) atoms. The summed E-state index contributed by atoms with van der Waals surface area (Å²) in [6, 6.07) is -2.01. The van der Waals surface area contributed by atoms with Crippen molar-refractivity contribution in [1.29, 1.82) is 0 Å². The van der Waals surface area contributed by atoms with E-state index in [0.717, 1.165) is 0 Å². The maximum atomic E-state index is 13.4. The molecule has 2 aliphatic rings. The number of fused-ring (bicyclic) bond motifs is 1. The number of alkyl halides is 5. The predicted octanol–water partition coefficient (Wildman–Crippen LogP) is 2.41. The summed E-state index contributed by atoms with van der Waals surface area (Å²) in [5.41, 5.74) is -0.972. The standard InChI is InChI=1S/C12H16F5NO3/c1-10(2,3)21-9(20)18-4-5-6(11(5,13)14)7(18)8(19)12(15,16)17/h5-8,19H,4H2,1-3H3/t5?,6?,7-,8?/m1/s1. The number of rotatable bonds is 1. The van der Waals surface area contributed by atoms with Gasteiger partial charge in [-0.3, -0.25) is 0 Å². The molecule has 1 heterocycles. The van der Waals surface area contributed by atoms with Gasteiger partial charge in [-0.1, -0.05) is 0 Å². The minimum absolute atomic E-state index is 0.551. The number of likely N-dealkylation sites (tertiary alicyclic amines) is 1. The molecular weight excluding hydrogens is 301 g/mol. The lowest BCUT2D eigenvalue weighted by Crippen LogP contribution is -2.53. The van der Waals surface area contributed by atoms with Crippen LogP contribution in [-0.2, 0) is 4.74 Å². The van der Waals surface area contributed by atoms with Gasteiger partial charge in [-0.15, -0.1) is 0 Å². The van der Waals surface area contributed by atoms with Crippen molar-refractivity contribution in [3.8, 4) is 0 Å². The van der Waals surface area contributed by atoms with Gasteiger partial charge in [-0.25, -0.2) is 13.6 Å². The van der Waals surface area contributed by atoms with Crippen LogP contribution in [0.2, 0.25) is 0 Å². The van der Waals surface area contributed by atoms with Crippen molar-refractivity contribution in [2.45, 2.75) is 50.6 Å². The van der Waals surface area contributed by atoms with Crippen LogP contribution < -0.4 is 0 Å². The summed E-state index contributed by atoms with van der Waals surface area (Å²) in [6.07, 6.45) is -9.23. The molecule has 2 fully saturated rings. The third-order valence-corrected chi connectivity index (χ3v) is 3.67. The molecule has 3 unspecified atom stereocenters. The number of aliphatic hydroxyl groups excluding tert-OH is 1. The predicted molar refractivity (Wildman–Crippen MR) is 60.7 cm³/mol. The molecular formula is C12H16F5NO3. The van der Waals surface area contributed by atoms with Crippen LogP contribution in [0.3, 0.4) is 0 Å². The number of aliphatic hydroxyl groups is 1. The van der Waals surface area contributed by atoms with Crippen molar-refractivity contribution in [3.05, 3.63) is 0 Å². The second kappa shape index (κ2) is 4.44. The first-order valence-corrected chi connectivity index (χ1v) is 6.39. The fraction of sp³-hybridized carbons (Fsp3) is 0.917. The molecule has 9 heteroatoms. The molecule has 0 aromatic carbocycles. The van der Waals surface area contributed by atoms with Gasteiger partial charge in [0.15, 0.2) is 6.10 Å². The lowest BCUT2D eigenvalue weighted by Gasteiger charge is -2.34. The van der Waals surface area contributed by atoms with Crippen LogP contribution in [-0.4, -0.2) is 52.5 Å². The number of amides is 1. The van der Waals surface area contributed by atoms with Gasteiger partial charge >= 0.3 is 12.3 Å². The van der Waals surface area contributed by atoms with E-state index in [4.69, 9.17) is 4.74 Å². The first kappa shape index (κ1) is 16.3. The molecule has 4 nitrogen and oxygen atoms in total. The molecule has 0 spiro atoms. The molecule has 1 aliphatic heterocycles. The molecule has 0 aromatic rings. The second-order valence-electron chi connectivity index (χ2n) is 6.42. The lowest BCUT2D eigenvalue weighted by atomic mass is 10.1. The Morgan fingerprint density at radius 3 is 2.29 bits per heavy atom. The number of ether oxygens (including phenoxy) is 1. The summed E-state index contributed by atoms with van der Waals surface area (Å²) in [7, 11) is 0. The number of piperidine rings is 1. The van der Waals surface area contributed by atoms with Crippen LogP contribution in [0.1, 0.15) is 20.8 Å². The molecule has 4 atom stereocenters. The monoisotopic (exact) mass is 317 g/mol. The fourth-order valence-corrected chi connectivity index (χ4v) is 2.72. The molecule has 1 amide bonds. The lowest BCUT2D eigenvalue weighted by molar-refractivity contribution is -0.222. The summed E-state index contributed by atoms with van der Waals surface area (Å²) in [5.74, 6) is -6.32. The molecule has 2 rings (SSSR count). The van der Waals surface area contributed by atoms with E-state index in [2.05, 4.69) is 0 Å². The number of hydrogen-bond acceptors (Lipinski definition) is 3. The first-order chi connectivity index (χ1) is 9.27. The Labute approximate surface area is 117 Å². The Balaban J connectivity index is 2.21. The molecule has 1 saturated carbocycles. The molecule has 0 bridgehead atoms. The van der Waals surface area contributed by atoms with E-state index in [0.29, 0.717) is 4.90 Å². The highest BCUT2D eigenvalue weighted by molar-refractivity contribution is 5.70. The van der Waals surface area contributed by atoms with Gasteiger partial charge in [0, 0.05) is 6.54 Å². The van der Waals surface area contributed by atoms with Crippen LogP contribution in [0.15, 0.2) is 0 Å². The highest BCUT2D eigenvalue weighted by atomic mass is 19.4. The Bertz CT molecular complexity index is 445. The van der Waals surface area contributed by atoms with Crippen molar-refractivity contribution in [3.63, 3.8) is 0 Å². The maximum absolute atomic E-state index is 13.4. The zero-order valence-electron chi connectivity index (χ0n) is 11.6. The molecule has 1 aliphatic carbocycles.